The SMILES string of the molecule is Cc1ccccc1-n1nc(C)c(-c2cncn2[C@@H](C)CN2CCOCC2)c1C. The molecule has 28 heavy (non-hydrogen) atoms. The van der Waals surface area contributed by atoms with E-state index in [-0.39, 0.29) is 0 Å². The molecule has 1 saturated heterocycles. The van der Waals surface area contributed by atoms with E-state index in [1.807, 2.05) is 12.5 Å². The van der Waals surface area contributed by atoms with Crippen LogP contribution in [0, 0.1) is 20.8 Å². The summed E-state index contributed by atoms with van der Waals surface area (Å²) in [6.07, 6.45) is 3.92. The molecule has 0 N–H and O–H groups in total. The Kier molecular flexibility index (Phi) is 5.33. The molecule has 1 aromatic carbocycles. The van der Waals surface area contributed by atoms with E-state index < -0.39 is 0 Å². The molecule has 0 amide bonds. The lowest BCUT2D eigenvalue weighted by atomic mass is 10.1. The molecule has 2 aromatic heterocycles. The summed E-state index contributed by atoms with van der Waals surface area (Å²) in [6.45, 7) is 13.3. The van der Waals surface area contributed by atoms with Gasteiger partial charge in [-0.3, -0.25) is 4.90 Å². The van der Waals surface area contributed by atoms with Gasteiger partial charge in [0.1, 0.15) is 0 Å². The topological polar surface area (TPSA) is 48.1 Å². The van der Waals surface area contributed by atoms with Gasteiger partial charge in [0.25, 0.3) is 0 Å². The Balaban J connectivity index is 1.67. The minimum absolute atomic E-state index is 0.330. The summed E-state index contributed by atoms with van der Waals surface area (Å²) < 4.78 is 9.82. The van der Waals surface area contributed by atoms with E-state index >= 15 is 0 Å². The maximum atomic E-state index is 5.48. The number of aryl methyl sites for hydroxylation is 2. The van der Waals surface area contributed by atoms with Gasteiger partial charge in [-0.05, 0) is 39.3 Å². The zero-order chi connectivity index (χ0) is 19.7. The monoisotopic (exact) mass is 379 g/mol. The highest BCUT2D eigenvalue weighted by Crippen LogP contribution is 2.31. The molecule has 1 fully saturated rings. The van der Waals surface area contributed by atoms with Crippen molar-refractivity contribution in [1.29, 1.82) is 0 Å². The van der Waals surface area contributed by atoms with E-state index in [2.05, 4.69) is 71.1 Å². The number of morpholine rings is 1. The zero-order valence-electron chi connectivity index (χ0n) is 17.2. The molecule has 4 rings (SSSR count). The Morgan fingerprint density at radius 1 is 1.11 bits per heavy atom. The van der Waals surface area contributed by atoms with Crippen molar-refractivity contribution in [3.8, 4) is 16.9 Å². The maximum Gasteiger partial charge on any atom is 0.0953 e. The van der Waals surface area contributed by atoms with Gasteiger partial charge in [0, 0.05) is 31.2 Å². The molecule has 0 spiro atoms. The lowest BCUT2D eigenvalue weighted by molar-refractivity contribution is 0.0326. The van der Waals surface area contributed by atoms with Crippen molar-refractivity contribution in [2.75, 3.05) is 32.8 Å². The normalized spacial score (nSPS) is 16.4. The summed E-state index contributed by atoms with van der Waals surface area (Å²) in [5, 5.41) is 4.86. The summed E-state index contributed by atoms with van der Waals surface area (Å²) in [7, 11) is 0. The van der Waals surface area contributed by atoms with Gasteiger partial charge in [-0.2, -0.15) is 5.10 Å². The molecule has 3 aromatic rings. The first-order valence-corrected chi connectivity index (χ1v) is 10.0. The molecule has 6 heteroatoms. The fourth-order valence-electron chi connectivity index (χ4n) is 4.14. The Morgan fingerprint density at radius 3 is 2.61 bits per heavy atom. The van der Waals surface area contributed by atoms with E-state index in [0.29, 0.717) is 6.04 Å². The third kappa shape index (κ3) is 3.50. The Morgan fingerprint density at radius 2 is 1.86 bits per heavy atom. The van der Waals surface area contributed by atoms with Crippen LogP contribution >= 0.6 is 0 Å². The Labute approximate surface area is 166 Å². The molecule has 1 atom stereocenters. The predicted molar refractivity (Wildman–Crippen MR) is 111 cm³/mol. The average Bonchev–Trinajstić information content (AvgIpc) is 3.27. The van der Waals surface area contributed by atoms with Gasteiger partial charge < -0.3 is 9.30 Å². The first-order chi connectivity index (χ1) is 13.6. The molecule has 6 nitrogen and oxygen atoms in total. The number of ether oxygens (including phenoxy) is 1. The number of rotatable bonds is 5. The number of imidazole rings is 1. The summed E-state index contributed by atoms with van der Waals surface area (Å²) in [6, 6.07) is 8.70. The average molecular weight is 380 g/mol. The summed E-state index contributed by atoms with van der Waals surface area (Å²) >= 11 is 0. The molecule has 148 valence electrons. The van der Waals surface area contributed by atoms with Crippen LogP contribution in [0.2, 0.25) is 0 Å². The van der Waals surface area contributed by atoms with E-state index in [0.717, 1.165) is 55.6 Å². The van der Waals surface area contributed by atoms with Crippen LogP contribution in [-0.2, 0) is 4.74 Å². The summed E-state index contributed by atoms with van der Waals surface area (Å²) in [5.41, 5.74) is 6.83. The number of para-hydroxylation sites is 1. The van der Waals surface area contributed by atoms with E-state index in [1.54, 1.807) is 0 Å². The number of benzene rings is 1. The van der Waals surface area contributed by atoms with Crippen molar-refractivity contribution < 1.29 is 4.74 Å². The molecule has 0 bridgehead atoms. The van der Waals surface area contributed by atoms with Gasteiger partial charge in [0.15, 0.2) is 0 Å². The molecule has 0 unspecified atom stereocenters. The lowest BCUT2D eigenvalue weighted by Gasteiger charge is -2.30. The molecule has 0 radical (unpaired) electrons. The van der Waals surface area contributed by atoms with Gasteiger partial charge in [-0.25, -0.2) is 9.67 Å². The Bertz CT molecular complexity index is 952. The summed E-state index contributed by atoms with van der Waals surface area (Å²) in [4.78, 5) is 6.94. The van der Waals surface area contributed by atoms with Crippen LogP contribution in [0.25, 0.3) is 16.9 Å². The highest BCUT2D eigenvalue weighted by Gasteiger charge is 2.22. The van der Waals surface area contributed by atoms with Crippen molar-refractivity contribution >= 4 is 0 Å². The Hall–Kier alpha value is -2.44. The smallest absolute Gasteiger partial charge is 0.0953 e. The number of nitrogens with zero attached hydrogens (tertiary/aromatic N) is 5. The van der Waals surface area contributed by atoms with Crippen molar-refractivity contribution in [2.24, 2.45) is 0 Å². The fraction of sp³-hybridized carbons (Fsp3) is 0.455. The molecule has 3 heterocycles. The maximum absolute atomic E-state index is 5.48. The largest absolute Gasteiger partial charge is 0.379 e. The standard InChI is InChI=1S/C22H29N5O/c1-16-7-5-6-8-20(16)27-19(4)22(18(3)24-27)21-13-23-15-26(21)17(2)14-25-9-11-28-12-10-25/h5-8,13,15,17H,9-12,14H2,1-4H3/t17-/m0/s1. The number of hydrogen-bond donors (Lipinski definition) is 0. The van der Waals surface area contributed by atoms with Crippen LogP contribution in [-0.4, -0.2) is 57.1 Å². The van der Waals surface area contributed by atoms with Crippen molar-refractivity contribution in [2.45, 2.75) is 33.7 Å². The lowest BCUT2D eigenvalue weighted by Crippen LogP contribution is -2.39. The van der Waals surface area contributed by atoms with Gasteiger partial charge in [0.05, 0.1) is 48.5 Å². The van der Waals surface area contributed by atoms with E-state index in [1.165, 1.54) is 11.1 Å². The molecule has 1 aliphatic heterocycles. The van der Waals surface area contributed by atoms with Crippen molar-refractivity contribution in [1.82, 2.24) is 24.2 Å². The first-order valence-electron chi connectivity index (χ1n) is 10.0. The van der Waals surface area contributed by atoms with Crippen LogP contribution in [0.3, 0.4) is 0 Å². The second-order valence-corrected chi connectivity index (χ2v) is 7.69. The van der Waals surface area contributed by atoms with Gasteiger partial charge in [-0.1, -0.05) is 18.2 Å². The van der Waals surface area contributed by atoms with Gasteiger partial charge in [0.2, 0.25) is 0 Å². The molecular weight excluding hydrogens is 350 g/mol. The quantitative estimate of drug-likeness (QED) is 0.680. The molecule has 1 aliphatic rings. The second kappa shape index (κ2) is 7.89. The molecular formula is C22H29N5O. The predicted octanol–water partition coefficient (Wildman–Crippen LogP) is 3.55. The van der Waals surface area contributed by atoms with Gasteiger partial charge in [-0.15, -0.1) is 0 Å². The third-order valence-electron chi connectivity index (χ3n) is 5.66. The highest BCUT2D eigenvalue weighted by atomic mass is 16.5. The van der Waals surface area contributed by atoms with Crippen molar-refractivity contribution in [3.05, 3.63) is 53.7 Å². The van der Waals surface area contributed by atoms with Crippen LogP contribution in [0.1, 0.15) is 29.9 Å². The van der Waals surface area contributed by atoms with Crippen LogP contribution < -0.4 is 0 Å². The van der Waals surface area contributed by atoms with Crippen LogP contribution in [0.15, 0.2) is 36.8 Å². The second-order valence-electron chi connectivity index (χ2n) is 7.69. The van der Waals surface area contributed by atoms with Crippen molar-refractivity contribution in [3.63, 3.8) is 0 Å². The number of hydrogen-bond acceptors (Lipinski definition) is 4. The van der Waals surface area contributed by atoms with E-state index in [4.69, 9.17) is 9.84 Å². The number of aromatic nitrogens is 4. The van der Waals surface area contributed by atoms with Crippen LogP contribution in [0.5, 0.6) is 0 Å². The zero-order valence-corrected chi connectivity index (χ0v) is 17.2. The van der Waals surface area contributed by atoms with E-state index in [9.17, 15) is 0 Å². The molecule has 0 aliphatic carbocycles. The molecule has 0 saturated carbocycles. The fourth-order valence-corrected chi connectivity index (χ4v) is 4.14. The van der Waals surface area contributed by atoms with Crippen LogP contribution in [0.4, 0.5) is 0 Å². The highest BCUT2D eigenvalue weighted by molar-refractivity contribution is 5.66. The third-order valence-corrected chi connectivity index (χ3v) is 5.66. The van der Waals surface area contributed by atoms with Gasteiger partial charge >= 0.3 is 0 Å². The first kappa shape index (κ1) is 18.9. The minimum Gasteiger partial charge on any atom is -0.379 e. The minimum atomic E-state index is 0.330. The summed E-state index contributed by atoms with van der Waals surface area (Å²) in [5.74, 6) is 0.